The number of carboxylic acid groups (broad SMARTS) is 1. The molecule has 2 aromatic carbocycles. The van der Waals surface area contributed by atoms with Crippen LogP contribution in [0.3, 0.4) is 0 Å². The number of fused-ring (bicyclic) bond motifs is 3. The van der Waals surface area contributed by atoms with Gasteiger partial charge in [0.2, 0.25) is 0 Å². The number of carbonyl (C=O) groups excluding carboxylic acids is 1. The van der Waals surface area contributed by atoms with Crippen LogP contribution in [0.15, 0.2) is 73.1 Å². The maximum atomic E-state index is 12.7. The van der Waals surface area contributed by atoms with Crippen LogP contribution in [0.25, 0.3) is 11.1 Å². The van der Waals surface area contributed by atoms with Gasteiger partial charge in [-0.2, -0.15) is 0 Å². The molecule has 0 saturated heterocycles. The highest BCUT2D eigenvalue weighted by Gasteiger charge is 2.36. The molecule has 1 aromatic heterocycles. The highest BCUT2D eigenvalue weighted by atomic mass is 16.5. The van der Waals surface area contributed by atoms with Crippen LogP contribution in [0.4, 0.5) is 0 Å². The topological polar surface area (TPSA) is 103 Å². The molecule has 30 heavy (non-hydrogen) atoms. The quantitative estimate of drug-likeness (QED) is 0.465. The van der Waals surface area contributed by atoms with Crippen molar-refractivity contribution in [2.24, 2.45) is 11.7 Å². The van der Waals surface area contributed by atoms with E-state index in [1.807, 2.05) is 48.5 Å². The van der Waals surface area contributed by atoms with Crippen molar-refractivity contribution in [2.45, 2.75) is 18.4 Å². The first kappa shape index (κ1) is 19.8. The number of pyridine rings is 1. The zero-order valence-electron chi connectivity index (χ0n) is 16.3. The summed E-state index contributed by atoms with van der Waals surface area (Å²) in [5, 5.41) is 9.61. The van der Waals surface area contributed by atoms with Gasteiger partial charge in [0, 0.05) is 24.4 Å². The van der Waals surface area contributed by atoms with Crippen molar-refractivity contribution in [3.8, 4) is 11.1 Å². The fourth-order valence-electron chi connectivity index (χ4n) is 4.06. The summed E-state index contributed by atoms with van der Waals surface area (Å²) in [5.74, 6) is -3.67. The van der Waals surface area contributed by atoms with E-state index in [1.54, 1.807) is 24.5 Å². The Bertz CT molecular complexity index is 1020. The molecule has 1 heterocycles. The third-order valence-corrected chi connectivity index (χ3v) is 5.52. The predicted octanol–water partition coefficient (Wildman–Crippen LogP) is 3.01. The summed E-state index contributed by atoms with van der Waals surface area (Å²) in [6, 6.07) is 18.5. The molecule has 0 unspecified atom stereocenters. The Balaban J connectivity index is 1.50. The van der Waals surface area contributed by atoms with Crippen molar-refractivity contribution in [2.75, 3.05) is 6.61 Å². The van der Waals surface area contributed by atoms with Gasteiger partial charge in [0.15, 0.2) is 5.92 Å². The second kappa shape index (κ2) is 8.47. The molecule has 0 amide bonds. The first-order chi connectivity index (χ1) is 14.6. The lowest BCUT2D eigenvalue weighted by molar-refractivity contribution is -0.159. The summed E-state index contributed by atoms with van der Waals surface area (Å²) in [6.45, 7) is 0.0681. The van der Waals surface area contributed by atoms with Crippen molar-refractivity contribution >= 4 is 11.9 Å². The number of carboxylic acids is 1. The number of hydrogen-bond acceptors (Lipinski definition) is 5. The lowest BCUT2D eigenvalue weighted by Gasteiger charge is -2.21. The number of benzene rings is 2. The Labute approximate surface area is 174 Å². The van der Waals surface area contributed by atoms with Crippen LogP contribution in [-0.2, 0) is 20.7 Å². The molecule has 0 fully saturated rings. The van der Waals surface area contributed by atoms with E-state index in [1.165, 1.54) is 0 Å². The molecule has 2 atom stereocenters. The lowest BCUT2D eigenvalue weighted by Crippen LogP contribution is -2.43. The zero-order valence-corrected chi connectivity index (χ0v) is 16.3. The molecule has 0 aliphatic heterocycles. The molecule has 0 bridgehead atoms. The van der Waals surface area contributed by atoms with Crippen LogP contribution < -0.4 is 5.73 Å². The minimum atomic E-state index is -1.44. The van der Waals surface area contributed by atoms with Crippen molar-refractivity contribution in [1.82, 2.24) is 4.98 Å². The Hall–Kier alpha value is -3.51. The van der Waals surface area contributed by atoms with Crippen LogP contribution in [0.2, 0.25) is 0 Å². The summed E-state index contributed by atoms with van der Waals surface area (Å²) >= 11 is 0. The highest BCUT2D eigenvalue weighted by molar-refractivity contribution is 5.95. The second-order valence-corrected chi connectivity index (χ2v) is 7.40. The number of nitrogens with zero attached hydrogens (tertiary/aromatic N) is 1. The first-order valence-corrected chi connectivity index (χ1v) is 9.78. The van der Waals surface area contributed by atoms with Crippen molar-refractivity contribution in [3.05, 3.63) is 89.7 Å². The maximum absolute atomic E-state index is 12.7. The number of aliphatic carboxylic acids is 1. The van der Waals surface area contributed by atoms with Gasteiger partial charge in [-0.25, -0.2) is 0 Å². The molecule has 6 heteroatoms. The summed E-state index contributed by atoms with van der Waals surface area (Å²) in [5.41, 5.74) is 11.3. The predicted molar refractivity (Wildman–Crippen MR) is 112 cm³/mol. The van der Waals surface area contributed by atoms with Crippen LogP contribution in [0, 0.1) is 5.92 Å². The number of esters is 1. The van der Waals surface area contributed by atoms with E-state index in [0.29, 0.717) is 0 Å². The van der Waals surface area contributed by atoms with Crippen LogP contribution in [-0.4, -0.2) is 34.7 Å². The Kier molecular flexibility index (Phi) is 5.59. The molecule has 6 nitrogen and oxygen atoms in total. The smallest absolute Gasteiger partial charge is 0.321 e. The van der Waals surface area contributed by atoms with E-state index >= 15 is 0 Å². The van der Waals surface area contributed by atoms with Gasteiger partial charge in [0.1, 0.15) is 6.61 Å². The van der Waals surface area contributed by atoms with E-state index in [9.17, 15) is 14.7 Å². The van der Waals surface area contributed by atoms with Crippen LogP contribution >= 0.6 is 0 Å². The molecular formula is C24H22N2O4. The SMILES string of the molecule is N[C@@H](Cc1ccncc1)[C@@H](C(=O)O)C(=O)OCC1c2ccccc2-c2ccccc21. The molecule has 3 N–H and O–H groups in total. The van der Waals surface area contributed by atoms with Gasteiger partial charge < -0.3 is 15.6 Å². The fraction of sp³-hybridized carbons (Fsp3) is 0.208. The second-order valence-electron chi connectivity index (χ2n) is 7.40. The van der Waals surface area contributed by atoms with Crippen molar-refractivity contribution in [1.29, 1.82) is 0 Å². The molecular weight excluding hydrogens is 380 g/mol. The van der Waals surface area contributed by atoms with Gasteiger partial charge in [-0.1, -0.05) is 48.5 Å². The average molecular weight is 402 g/mol. The van der Waals surface area contributed by atoms with Gasteiger partial charge in [0.05, 0.1) is 0 Å². The van der Waals surface area contributed by atoms with Gasteiger partial charge >= 0.3 is 11.9 Å². The minimum Gasteiger partial charge on any atom is -0.481 e. The van der Waals surface area contributed by atoms with Crippen molar-refractivity contribution < 1.29 is 19.4 Å². The van der Waals surface area contributed by atoms with E-state index in [0.717, 1.165) is 27.8 Å². The molecule has 0 radical (unpaired) electrons. The van der Waals surface area contributed by atoms with Gasteiger partial charge in [0.25, 0.3) is 0 Å². The third kappa shape index (κ3) is 3.82. The first-order valence-electron chi connectivity index (χ1n) is 9.78. The number of hydrogen-bond donors (Lipinski definition) is 2. The lowest BCUT2D eigenvalue weighted by atomic mass is 9.94. The van der Waals surface area contributed by atoms with E-state index in [-0.39, 0.29) is 18.9 Å². The molecule has 4 rings (SSSR count). The fourth-order valence-corrected chi connectivity index (χ4v) is 4.06. The molecule has 0 spiro atoms. The average Bonchev–Trinajstić information content (AvgIpc) is 3.06. The number of ether oxygens (including phenoxy) is 1. The van der Waals surface area contributed by atoms with Crippen LogP contribution in [0.5, 0.6) is 0 Å². The molecule has 1 aliphatic carbocycles. The maximum Gasteiger partial charge on any atom is 0.321 e. The number of carbonyl (C=O) groups is 2. The molecule has 152 valence electrons. The third-order valence-electron chi connectivity index (χ3n) is 5.52. The summed E-state index contributed by atoms with van der Waals surface area (Å²) in [6.07, 6.45) is 3.44. The van der Waals surface area contributed by atoms with Gasteiger partial charge in [-0.3, -0.25) is 14.6 Å². The van der Waals surface area contributed by atoms with Gasteiger partial charge in [-0.05, 0) is 46.4 Å². The number of aromatic nitrogens is 1. The Morgan fingerprint density at radius 2 is 1.53 bits per heavy atom. The van der Waals surface area contributed by atoms with Gasteiger partial charge in [-0.15, -0.1) is 0 Å². The zero-order chi connectivity index (χ0) is 21.1. The summed E-state index contributed by atoms with van der Waals surface area (Å²) < 4.78 is 5.51. The highest BCUT2D eigenvalue weighted by Crippen LogP contribution is 2.44. The monoisotopic (exact) mass is 402 g/mol. The van der Waals surface area contributed by atoms with Crippen molar-refractivity contribution in [3.63, 3.8) is 0 Å². The Morgan fingerprint density at radius 1 is 0.967 bits per heavy atom. The normalized spacial score (nSPS) is 14.4. The Morgan fingerprint density at radius 3 is 2.10 bits per heavy atom. The largest absolute Gasteiger partial charge is 0.481 e. The molecule has 0 saturated carbocycles. The molecule has 3 aromatic rings. The van der Waals surface area contributed by atoms with E-state index < -0.39 is 23.9 Å². The number of nitrogens with two attached hydrogens (primary N) is 1. The van der Waals surface area contributed by atoms with Crippen LogP contribution in [0.1, 0.15) is 22.6 Å². The van der Waals surface area contributed by atoms with E-state index in [2.05, 4.69) is 4.98 Å². The number of rotatable bonds is 7. The summed E-state index contributed by atoms with van der Waals surface area (Å²) in [4.78, 5) is 28.4. The standard InChI is InChI=1S/C24H22N2O4/c25-21(13-15-9-11-26-12-10-15)22(23(27)28)24(29)30-14-20-18-7-3-1-5-16(18)17-6-2-4-8-19(17)20/h1-12,20-22H,13-14,25H2,(H,27,28)/t21-,22-/m0/s1. The minimum absolute atomic E-state index is 0.0681. The van der Waals surface area contributed by atoms with E-state index in [4.69, 9.17) is 10.5 Å². The summed E-state index contributed by atoms with van der Waals surface area (Å²) in [7, 11) is 0. The molecule has 1 aliphatic rings.